The van der Waals surface area contributed by atoms with Crippen LogP contribution in [0.3, 0.4) is 0 Å². The highest BCUT2D eigenvalue weighted by molar-refractivity contribution is 9.10. The molecule has 0 bridgehead atoms. The molecule has 1 N–H and O–H groups in total. The van der Waals surface area contributed by atoms with Gasteiger partial charge in [-0.1, -0.05) is 19.3 Å². The molecule has 1 aromatic rings. The summed E-state index contributed by atoms with van der Waals surface area (Å²) in [5.74, 6) is -0.656. The minimum Gasteiger partial charge on any atom is -0.451 e. The van der Waals surface area contributed by atoms with Crippen molar-refractivity contribution in [2.45, 2.75) is 38.1 Å². The van der Waals surface area contributed by atoms with Crippen molar-refractivity contribution in [1.82, 2.24) is 9.88 Å². The molecule has 0 unspecified atom stereocenters. The number of likely N-dealkylation sites (N-methyl/N-ethyl adjacent to an activating group) is 1. The van der Waals surface area contributed by atoms with Crippen LogP contribution in [0.5, 0.6) is 0 Å². The number of aromatic amines is 1. The molecule has 0 radical (unpaired) electrons. The van der Waals surface area contributed by atoms with Crippen LogP contribution in [0, 0.1) is 0 Å². The molecule has 2 rings (SSSR count). The second kappa shape index (κ2) is 6.92. The number of hydrogen-bond acceptors (Lipinski definition) is 3. The van der Waals surface area contributed by atoms with E-state index in [4.69, 9.17) is 4.74 Å². The van der Waals surface area contributed by atoms with Crippen LogP contribution in [0.4, 0.5) is 0 Å². The van der Waals surface area contributed by atoms with Crippen LogP contribution in [0.25, 0.3) is 0 Å². The Morgan fingerprint density at radius 2 is 2.10 bits per heavy atom. The Kier molecular flexibility index (Phi) is 5.23. The molecule has 1 fully saturated rings. The Morgan fingerprint density at radius 1 is 1.40 bits per heavy atom. The SMILES string of the molecule is CN(C(=O)COC(=O)c1cc(Br)c[nH]1)C1CCCCC1. The lowest BCUT2D eigenvalue weighted by molar-refractivity contribution is -0.135. The van der Waals surface area contributed by atoms with Gasteiger partial charge < -0.3 is 14.6 Å². The second-order valence-corrected chi connectivity index (χ2v) is 6.02. The van der Waals surface area contributed by atoms with Crippen molar-refractivity contribution in [3.63, 3.8) is 0 Å². The van der Waals surface area contributed by atoms with E-state index >= 15 is 0 Å². The summed E-state index contributed by atoms with van der Waals surface area (Å²) < 4.78 is 5.81. The fraction of sp³-hybridized carbons (Fsp3) is 0.571. The van der Waals surface area contributed by atoms with Crippen molar-refractivity contribution in [2.75, 3.05) is 13.7 Å². The number of aromatic nitrogens is 1. The van der Waals surface area contributed by atoms with Gasteiger partial charge in [-0.05, 0) is 34.8 Å². The first-order valence-electron chi connectivity index (χ1n) is 6.84. The lowest BCUT2D eigenvalue weighted by Gasteiger charge is -2.31. The van der Waals surface area contributed by atoms with E-state index in [1.54, 1.807) is 24.2 Å². The van der Waals surface area contributed by atoms with Crippen molar-refractivity contribution in [1.29, 1.82) is 0 Å². The first kappa shape index (κ1) is 15.1. The third-order valence-corrected chi connectivity index (χ3v) is 4.17. The minimum absolute atomic E-state index is 0.143. The van der Waals surface area contributed by atoms with E-state index in [-0.39, 0.29) is 18.6 Å². The van der Waals surface area contributed by atoms with Gasteiger partial charge in [0.15, 0.2) is 6.61 Å². The third kappa shape index (κ3) is 3.85. The monoisotopic (exact) mass is 342 g/mol. The molecule has 20 heavy (non-hydrogen) atoms. The highest BCUT2D eigenvalue weighted by Gasteiger charge is 2.23. The van der Waals surface area contributed by atoms with Gasteiger partial charge in [-0.2, -0.15) is 0 Å². The van der Waals surface area contributed by atoms with Gasteiger partial charge in [0.1, 0.15) is 5.69 Å². The summed E-state index contributed by atoms with van der Waals surface area (Å²) in [6, 6.07) is 1.91. The van der Waals surface area contributed by atoms with E-state index in [0.717, 1.165) is 17.3 Å². The summed E-state index contributed by atoms with van der Waals surface area (Å²) in [6.07, 6.45) is 7.30. The van der Waals surface area contributed by atoms with Gasteiger partial charge in [0.05, 0.1) is 0 Å². The molecule has 1 amide bonds. The third-order valence-electron chi connectivity index (χ3n) is 3.71. The maximum atomic E-state index is 12.0. The summed E-state index contributed by atoms with van der Waals surface area (Å²) >= 11 is 3.24. The summed E-state index contributed by atoms with van der Waals surface area (Å²) in [7, 11) is 1.79. The first-order chi connectivity index (χ1) is 9.58. The molecule has 1 saturated carbocycles. The Hall–Kier alpha value is -1.30. The van der Waals surface area contributed by atoms with E-state index in [0.29, 0.717) is 5.69 Å². The second-order valence-electron chi connectivity index (χ2n) is 5.10. The number of nitrogens with one attached hydrogen (secondary N) is 1. The standard InChI is InChI=1S/C14H19BrN2O3/c1-17(11-5-3-2-4-6-11)13(18)9-20-14(19)12-7-10(15)8-16-12/h7-8,11,16H,2-6,9H2,1H3. The molecule has 1 aromatic heterocycles. The molecule has 5 nitrogen and oxygen atoms in total. The quantitative estimate of drug-likeness (QED) is 0.855. The van der Waals surface area contributed by atoms with Gasteiger partial charge in [-0.25, -0.2) is 4.79 Å². The number of carbonyl (C=O) groups excluding carboxylic acids is 2. The average molecular weight is 343 g/mol. The number of hydrogen-bond donors (Lipinski definition) is 1. The van der Waals surface area contributed by atoms with Crippen LogP contribution >= 0.6 is 15.9 Å². The normalized spacial score (nSPS) is 15.9. The summed E-state index contributed by atoms with van der Waals surface area (Å²) in [5.41, 5.74) is 0.338. The Labute approximate surface area is 126 Å². The molecule has 6 heteroatoms. The lowest BCUT2D eigenvalue weighted by atomic mass is 9.94. The highest BCUT2D eigenvalue weighted by Crippen LogP contribution is 2.21. The number of H-pyrrole nitrogens is 1. The van der Waals surface area contributed by atoms with Crippen molar-refractivity contribution >= 4 is 27.8 Å². The molecule has 0 aliphatic heterocycles. The zero-order valence-electron chi connectivity index (χ0n) is 11.5. The maximum Gasteiger partial charge on any atom is 0.355 e. The molecule has 110 valence electrons. The van der Waals surface area contributed by atoms with E-state index in [1.165, 1.54) is 19.3 Å². The number of esters is 1. The number of carbonyl (C=O) groups is 2. The molecular weight excluding hydrogens is 324 g/mol. The zero-order chi connectivity index (χ0) is 14.5. The predicted octanol–water partition coefficient (Wildman–Crippen LogP) is 2.73. The van der Waals surface area contributed by atoms with Crippen molar-refractivity contribution in [2.24, 2.45) is 0 Å². The number of nitrogens with zero attached hydrogens (tertiary/aromatic N) is 1. The number of rotatable bonds is 4. The Morgan fingerprint density at radius 3 is 2.70 bits per heavy atom. The molecule has 0 atom stereocenters. The average Bonchev–Trinajstić information content (AvgIpc) is 2.91. The number of halogens is 1. The van der Waals surface area contributed by atoms with Crippen LogP contribution in [-0.4, -0.2) is 41.5 Å². The summed E-state index contributed by atoms with van der Waals surface area (Å²) in [4.78, 5) is 28.2. The largest absolute Gasteiger partial charge is 0.451 e. The van der Waals surface area contributed by atoms with E-state index in [2.05, 4.69) is 20.9 Å². The van der Waals surface area contributed by atoms with Gasteiger partial charge in [0, 0.05) is 23.8 Å². The zero-order valence-corrected chi connectivity index (χ0v) is 13.1. The van der Waals surface area contributed by atoms with Gasteiger partial charge in [0.2, 0.25) is 0 Å². The van der Waals surface area contributed by atoms with Crippen molar-refractivity contribution in [3.8, 4) is 0 Å². The smallest absolute Gasteiger partial charge is 0.355 e. The molecule has 0 saturated heterocycles. The molecule has 0 aromatic carbocycles. The van der Waals surface area contributed by atoms with Gasteiger partial charge in [-0.15, -0.1) is 0 Å². The summed E-state index contributed by atoms with van der Waals surface area (Å²) in [6.45, 7) is -0.206. The number of amides is 1. The van der Waals surface area contributed by atoms with Gasteiger partial charge >= 0.3 is 5.97 Å². The van der Waals surface area contributed by atoms with E-state index in [9.17, 15) is 9.59 Å². The molecule has 0 spiro atoms. The fourth-order valence-corrected chi connectivity index (χ4v) is 2.81. The fourth-order valence-electron chi connectivity index (χ4n) is 2.46. The maximum absolute atomic E-state index is 12.0. The topological polar surface area (TPSA) is 62.4 Å². The molecular formula is C14H19BrN2O3. The Balaban J connectivity index is 1.80. The van der Waals surface area contributed by atoms with Gasteiger partial charge in [0.25, 0.3) is 5.91 Å². The molecule has 1 heterocycles. The van der Waals surface area contributed by atoms with Crippen LogP contribution in [0.15, 0.2) is 16.7 Å². The van der Waals surface area contributed by atoms with Crippen LogP contribution < -0.4 is 0 Å². The first-order valence-corrected chi connectivity index (χ1v) is 7.64. The Bertz CT molecular complexity index is 481. The minimum atomic E-state index is -0.513. The predicted molar refractivity (Wildman–Crippen MR) is 78.4 cm³/mol. The van der Waals surface area contributed by atoms with Crippen LogP contribution in [0.2, 0.25) is 0 Å². The number of ether oxygens (including phenoxy) is 1. The van der Waals surface area contributed by atoms with Crippen LogP contribution in [0.1, 0.15) is 42.6 Å². The van der Waals surface area contributed by atoms with Crippen molar-refractivity contribution < 1.29 is 14.3 Å². The van der Waals surface area contributed by atoms with Crippen LogP contribution in [-0.2, 0) is 9.53 Å². The van der Waals surface area contributed by atoms with E-state index < -0.39 is 5.97 Å². The molecule has 1 aliphatic rings. The van der Waals surface area contributed by atoms with Gasteiger partial charge in [-0.3, -0.25) is 4.79 Å². The van der Waals surface area contributed by atoms with Crippen molar-refractivity contribution in [3.05, 3.63) is 22.4 Å². The lowest BCUT2D eigenvalue weighted by Crippen LogP contribution is -2.40. The molecule has 1 aliphatic carbocycles. The van der Waals surface area contributed by atoms with E-state index in [1.807, 2.05) is 0 Å². The summed E-state index contributed by atoms with van der Waals surface area (Å²) in [5, 5.41) is 0. The highest BCUT2D eigenvalue weighted by atomic mass is 79.9.